The van der Waals surface area contributed by atoms with Crippen LogP contribution < -0.4 is 5.73 Å². The molecule has 7 rings (SSSR count). The Balaban J connectivity index is 1.29. The van der Waals surface area contributed by atoms with Gasteiger partial charge >= 0.3 is 0 Å². The van der Waals surface area contributed by atoms with Crippen LogP contribution in [-0.4, -0.2) is 23.5 Å². The summed E-state index contributed by atoms with van der Waals surface area (Å²) in [5.74, 6) is 1.11. The number of hydrogen-bond acceptors (Lipinski definition) is 4. The van der Waals surface area contributed by atoms with Crippen molar-refractivity contribution in [3.63, 3.8) is 0 Å². The van der Waals surface area contributed by atoms with Crippen molar-refractivity contribution < 1.29 is 0 Å². The standard InChI is InChI=1S/C45H40N4S/c1-3-33(42-38(35-15-8-5-9-16-35)24-25-40-39-19-10-12-30(2)43(39)50-44(40)42)27-41(48-29-32-13-6-4-7-14-32)49-45(47)37-18-11-17-36(26-37)34-22-20-31(28-46)21-23-34/h4-26,29-30,33,41,43H,3,27H2,1-2H3,(H2,47,49). The summed E-state index contributed by atoms with van der Waals surface area (Å²) in [5.41, 5.74) is 18.1. The van der Waals surface area contributed by atoms with Crippen LogP contribution in [0.3, 0.4) is 0 Å². The molecule has 5 heteroatoms. The van der Waals surface area contributed by atoms with Crippen molar-refractivity contribution in [2.45, 2.75) is 48.9 Å². The summed E-state index contributed by atoms with van der Waals surface area (Å²) in [4.78, 5) is 11.6. The minimum Gasteiger partial charge on any atom is -0.383 e. The van der Waals surface area contributed by atoms with E-state index in [4.69, 9.17) is 15.7 Å². The lowest BCUT2D eigenvalue weighted by molar-refractivity contribution is 0.526. The highest BCUT2D eigenvalue weighted by atomic mass is 32.2. The van der Waals surface area contributed by atoms with Crippen LogP contribution in [0.5, 0.6) is 0 Å². The summed E-state index contributed by atoms with van der Waals surface area (Å²) in [6, 6.07) is 43.5. The van der Waals surface area contributed by atoms with Gasteiger partial charge in [0.15, 0.2) is 0 Å². The van der Waals surface area contributed by atoms with Crippen LogP contribution in [-0.2, 0) is 0 Å². The van der Waals surface area contributed by atoms with Gasteiger partial charge in [0.25, 0.3) is 0 Å². The van der Waals surface area contributed by atoms with Crippen LogP contribution in [0.4, 0.5) is 0 Å². The van der Waals surface area contributed by atoms with Gasteiger partial charge in [-0.15, -0.1) is 11.8 Å². The third-order valence-corrected chi connectivity index (χ3v) is 11.3. The SMILES string of the molecule is CCC(CC(N=Cc1ccccc1)N=C(N)c1cccc(-c2ccc(C#N)cc2)c1)c1c(-c2ccccc2)ccc2c1SC1C2=CC=CC1C. The molecule has 2 N–H and O–H groups in total. The van der Waals surface area contributed by atoms with Crippen LogP contribution in [0.25, 0.3) is 27.8 Å². The second kappa shape index (κ2) is 15.0. The summed E-state index contributed by atoms with van der Waals surface area (Å²) in [6.07, 6.45) is 10.0. The average molecular weight is 669 g/mol. The van der Waals surface area contributed by atoms with Crippen molar-refractivity contribution in [1.82, 2.24) is 0 Å². The number of thioether (sulfide) groups is 1. The molecule has 0 fully saturated rings. The Morgan fingerprint density at radius 1 is 0.860 bits per heavy atom. The van der Waals surface area contributed by atoms with Gasteiger partial charge in [-0.05, 0) is 87.4 Å². The van der Waals surface area contributed by atoms with Crippen LogP contribution in [0.2, 0.25) is 0 Å². The zero-order chi connectivity index (χ0) is 34.5. The van der Waals surface area contributed by atoms with Crippen LogP contribution in [0, 0.1) is 17.2 Å². The molecule has 4 atom stereocenters. The molecule has 2 aliphatic rings. The van der Waals surface area contributed by atoms with E-state index >= 15 is 0 Å². The first-order valence-electron chi connectivity index (χ1n) is 17.3. The molecule has 1 heterocycles. The van der Waals surface area contributed by atoms with E-state index < -0.39 is 6.17 Å². The summed E-state index contributed by atoms with van der Waals surface area (Å²) in [5, 5.41) is 9.67. The highest BCUT2D eigenvalue weighted by Crippen LogP contribution is 2.54. The summed E-state index contributed by atoms with van der Waals surface area (Å²) in [6.45, 7) is 4.60. The van der Waals surface area contributed by atoms with Crippen molar-refractivity contribution in [2.24, 2.45) is 21.6 Å². The first-order chi connectivity index (χ1) is 24.5. The maximum Gasteiger partial charge on any atom is 0.142 e. The van der Waals surface area contributed by atoms with E-state index in [0.29, 0.717) is 29.0 Å². The van der Waals surface area contributed by atoms with Gasteiger partial charge < -0.3 is 5.73 Å². The minimum absolute atomic E-state index is 0.191. The maximum absolute atomic E-state index is 9.25. The van der Waals surface area contributed by atoms with Crippen molar-refractivity contribution in [3.8, 4) is 28.3 Å². The fraction of sp³-hybridized carbons (Fsp3) is 0.178. The highest BCUT2D eigenvalue weighted by molar-refractivity contribution is 8.01. The van der Waals surface area contributed by atoms with Crippen molar-refractivity contribution in [1.29, 1.82) is 5.26 Å². The molecule has 0 bridgehead atoms. The van der Waals surface area contributed by atoms with E-state index in [9.17, 15) is 5.26 Å². The molecule has 1 aliphatic carbocycles. The number of nitrogens with two attached hydrogens (primary N) is 1. The molecular formula is C45H40N4S. The lowest BCUT2D eigenvalue weighted by Crippen LogP contribution is -2.19. The van der Waals surface area contributed by atoms with E-state index in [-0.39, 0.29) is 5.92 Å². The molecular weight excluding hydrogens is 629 g/mol. The fourth-order valence-electron chi connectivity index (χ4n) is 7.01. The molecule has 1 aliphatic heterocycles. The molecule has 0 saturated heterocycles. The number of rotatable bonds is 10. The van der Waals surface area contributed by atoms with E-state index in [1.54, 1.807) is 0 Å². The predicted molar refractivity (Wildman–Crippen MR) is 211 cm³/mol. The van der Waals surface area contributed by atoms with Gasteiger partial charge in [0, 0.05) is 21.9 Å². The molecule has 0 amide bonds. The number of hydrogen-bond donors (Lipinski definition) is 1. The second-order valence-electron chi connectivity index (χ2n) is 13.0. The first-order valence-corrected chi connectivity index (χ1v) is 18.2. The molecule has 246 valence electrons. The minimum atomic E-state index is -0.397. The number of benzene rings is 5. The monoisotopic (exact) mass is 668 g/mol. The maximum atomic E-state index is 9.25. The molecule has 4 unspecified atom stereocenters. The Hall–Kier alpha value is -5.44. The molecule has 5 aromatic carbocycles. The predicted octanol–water partition coefficient (Wildman–Crippen LogP) is 10.7. The summed E-state index contributed by atoms with van der Waals surface area (Å²) in [7, 11) is 0. The Morgan fingerprint density at radius 3 is 2.32 bits per heavy atom. The third-order valence-electron chi connectivity index (χ3n) is 9.70. The van der Waals surface area contributed by atoms with Gasteiger partial charge in [-0.2, -0.15) is 5.26 Å². The number of amidine groups is 1. The van der Waals surface area contributed by atoms with Gasteiger partial charge in [-0.3, -0.25) is 4.99 Å². The highest BCUT2D eigenvalue weighted by Gasteiger charge is 2.36. The van der Waals surface area contributed by atoms with E-state index in [0.717, 1.165) is 28.7 Å². The Bertz CT molecular complexity index is 2140. The van der Waals surface area contributed by atoms with Gasteiger partial charge in [0.05, 0.1) is 11.6 Å². The molecule has 0 spiro atoms. The number of aliphatic imine (C=N–C) groups is 2. The normalized spacial score (nSPS) is 17.9. The van der Waals surface area contributed by atoms with Crippen LogP contribution in [0.1, 0.15) is 60.4 Å². The summed E-state index contributed by atoms with van der Waals surface area (Å²) < 4.78 is 0. The Kier molecular flexibility index (Phi) is 9.91. The third kappa shape index (κ3) is 6.99. The lowest BCUT2D eigenvalue weighted by Gasteiger charge is -2.25. The largest absolute Gasteiger partial charge is 0.383 e. The van der Waals surface area contributed by atoms with Crippen molar-refractivity contribution in [2.75, 3.05) is 0 Å². The molecule has 5 aromatic rings. The molecule has 0 radical (unpaired) electrons. The zero-order valence-electron chi connectivity index (χ0n) is 28.4. The van der Waals surface area contributed by atoms with Gasteiger partial charge in [-0.1, -0.05) is 135 Å². The molecule has 4 nitrogen and oxygen atoms in total. The van der Waals surface area contributed by atoms with E-state index in [1.807, 2.05) is 72.6 Å². The topological polar surface area (TPSA) is 74.5 Å². The van der Waals surface area contributed by atoms with Crippen molar-refractivity contribution >= 4 is 29.4 Å². The fourth-order valence-corrected chi connectivity index (χ4v) is 8.62. The average Bonchev–Trinajstić information content (AvgIpc) is 3.56. The zero-order valence-corrected chi connectivity index (χ0v) is 29.2. The van der Waals surface area contributed by atoms with Gasteiger partial charge in [-0.25, -0.2) is 4.99 Å². The molecule has 0 saturated carbocycles. The van der Waals surface area contributed by atoms with Crippen LogP contribution >= 0.6 is 11.8 Å². The summed E-state index contributed by atoms with van der Waals surface area (Å²) >= 11 is 2.02. The Labute approximate surface area is 299 Å². The quantitative estimate of drug-likeness (QED) is 0.119. The van der Waals surface area contributed by atoms with Crippen molar-refractivity contribution in [3.05, 3.63) is 167 Å². The van der Waals surface area contributed by atoms with Gasteiger partial charge in [0.2, 0.25) is 0 Å². The first kappa shape index (κ1) is 33.1. The van der Waals surface area contributed by atoms with Crippen LogP contribution in [0.15, 0.2) is 154 Å². The number of nitriles is 1. The number of allylic oxidation sites excluding steroid dienone is 3. The number of nitrogens with zero attached hydrogens (tertiary/aromatic N) is 3. The second-order valence-corrected chi connectivity index (χ2v) is 14.1. The molecule has 0 aromatic heterocycles. The van der Waals surface area contributed by atoms with E-state index in [1.165, 1.54) is 32.7 Å². The lowest BCUT2D eigenvalue weighted by atomic mass is 9.82. The smallest absolute Gasteiger partial charge is 0.142 e. The van der Waals surface area contributed by atoms with Gasteiger partial charge in [0.1, 0.15) is 12.0 Å². The Morgan fingerprint density at radius 2 is 1.58 bits per heavy atom. The molecule has 50 heavy (non-hydrogen) atoms. The number of fused-ring (bicyclic) bond motifs is 3. The van der Waals surface area contributed by atoms with E-state index in [2.05, 4.69) is 105 Å².